The molecule has 4 heteroatoms. The van der Waals surface area contributed by atoms with Crippen LogP contribution in [0.15, 0.2) is 24.3 Å². The number of hydrogen-bond donors (Lipinski definition) is 0. The normalized spacial score (nSPS) is 29.2. The molecule has 1 aromatic rings. The Morgan fingerprint density at radius 2 is 1.65 bits per heavy atom. The van der Waals surface area contributed by atoms with Gasteiger partial charge >= 0.3 is 0 Å². The molecule has 0 spiro atoms. The standard InChI is InChI=1S/C16H16N2O2/c1-11-6-8-16(10-17,9-7-11)18-14(19)12-4-2-3-5-13(12)15(18)20/h2-5,11H,6-9H2,1H3. The lowest BCUT2D eigenvalue weighted by Gasteiger charge is -2.39. The number of amides is 2. The number of rotatable bonds is 1. The van der Waals surface area contributed by atoms with E-state index in [1.54, 1.807) is 24.3 Å². The van der Waals surface area contributed by atoms with Gasteiger partial charge in [0, 0.05) is 0 Å². The fourth-order valence-electron chi connectivity index (χ4n) is 3.20. The maximum absolute atomic E-state index is 12.5. The molecule has 0 unspecified atom stereocenters. The van der Waals surface area contributed by atoms with Gasteiger partial charge in [0.1, 0.15) is 5.54 Å². The molecule has 3 rings (SSSR count). The van der Waals surface area contributed by atoms with Crippen LogP contribution in [0.5, 0.6) is 0 Å². The average molecular weight is 268 g/mol. The SMILES string of the molecule is CC1CCC(C#N)(N2C(=O)c3ccccc3C2=O)CC1. The van der Waals surface area contributed by atoms with E-state index in [1.165, 1.54) is 4.90 Å². The first kappa shape index (κ1) is 12.9. The molecule has 1 fully saturated rings. The summed E-state index contributed by atoms with van der Waals surface area (Å²) in [6.07, 6.45) is 2.91. The molecule has 102 valence electrons. The van der Waals surface area contributed by atoms with Gasteiger partial charge in [-0.3, -0.25) is 14.5 Å². The second-order valence-electron chi connectivity index (χ2n) is 5.82. The van der Waals surface area contributed by atoms with Crippen molar-refractivity contribution in [3.05, 3.63) is 35.4 Å². The van der Waals surface area contributed by atoms with Crippen molar-refractivity contribution in [3.8, 4) is 6.07 Å². The van der Waals surface area contributed by atoms with Crippen LogP contribution in [-0.2, 0) is 0 Å². The number of nitriles is 1. The molecule has 1 heterocycles. The fourth-order valence-corrected chi connectivity index (χ4v) is 3.20. The monoisotopic (exact) mass is 268 g/mol. The number of fused-ring (bicyclic) bond motifs is 1. The summed E-state index contributed by atoms with van der Waals surface area (Å²) < 4.78 is 0. The van der Waals surface area contributed by atoms with Crippen molar-refractivity contribution >= 4 is 11.8 Å². The highest BCUT2D eigenvalue weighted by atomic mass is 16.2. The molecule has 4 nitrogen and oxygen atoms in total. The molecular formula is C16H16N2O2. The van der Waals surface area contributed by atoms with Gasteiger partial charge < -0.3 is 0 Å². The van der Waals surface area contributed by atoms with E-state index in [-0.39, 0.29) is 11.8 Å². The van der Waals surface area contributed by atoms with Crippen LogP contribution in [0.1, 0.15) is 53.3 Å². The molecule has 0 aromatic heterocycles. The lowest BCUT2D eigenvalue weighted by molar-refractivity contribution is 0.0421. The summed E-state index contributed by atoms with van der Waals surface area (Å²) in [5, 5.41) is 9.61. The number of nitrogens with zero attached hydrogens (tertiary/aromatic N) is 2. The van der Waals surface area contributed by atoms with E-state index in [0.717, 1.165) is 12.8 Å². The maximum Gasteiger partial charge on any atom is 0.262 e. The largest absolute Gasteiger partial charge is 0.269 e. The van der Waals surface area contributed by atoms with Gasteiger partial charge in [-0.2, -0.15) is 5.26 Å². The molecule has 20 heavy (non-hydrogen) atoms. The van der Waals surface area contributed by atoms with Crippen LogP contribution in [0.25, 0.3) is 0 Å². The Labute approximate surface area is 118 Å². The van der Waals surface area contributed by atoms with Gasteiger partial charge in [0.25, 0.3) is 11.8 Å². The Morgan fingerprint density at radius 3 is 2.10 bits per heavy atom. The van der Waals surface area contributed by atoms with Gasteiger partial charge in [0.15, 0.2) is 0 Å². The molecule has 2 amide bonds. The zero-order valence-electron chi connectivity index (χ0n) is 11.4. The number of hydrogen-bond acceptors (Lipinski definition) is 3. The highest BCUT2D eigenvalue weighted by Gasteiger charge is 2.50. The molecule has 0 radical (unpaired) electrons. The van der Waals surface area contributed by atoms with Crippen LogP contribution in [0.3, 0.4) is 0 Å². The van der Waals surface area contributed by atoms with E-state index < -0.39 is 5.54 Å². The van der Waals surface area contributed by atoms with E-state index in [1.807, 2.05) is 0 Å². The first-order valence-corrected chi connectivity index (χ1v) is 6.98. The average Bonchev–Trinajstić information content (AvgIpc) is 2.74. The number of imide groups is 1. The zero-order valence-corrected chi connectivity index (χ0v) is 11.4. The Bertz CT molecular complexity index is 587. The lowest BCUT2D eigenvalue weighted by atomic mass is 9.77. The zero-order chi connectivity index (χ0) is 14.3. The molecule has 1 aromatic carbocycles. The molecule has 1 aliphatic heterocycles. The van der Waals surface area contributed by atoms with Crippen molar-refractivity contribution in [2.75, 3.05) is 0 Å². The highest BCUT2D eigenvalue weighted by Crippen LogP contribution is 2.40. The molecule has 0 N–H and O–H groups in total. The molecule has 1 aliphatic carbocycles. The van der Waals surface area contributed by atoms with Crippen molar-refractivity contribution in [1.82, 2.24) is 4.90 Å². The molecular weight excluding hydrogens is 252 g/mol. The molecule has 0 bridgehead atoms. The first-order chi connectivity index (χ1) is 9.59. The van der Waals surface area contributed by atoms with Crippen molar-refractivity contribution in [3.63, 3.8) is 0 Å². The number of carbonyl (C=O) groups is 2. The Hall–Kier alpha value is -2.15. The minimum atomic E-state index is -0.959. The van der Waals surface area contributed by atoms with Crippen LogP contribution in [0, 0.1) is 17.2 Å². The van der Waals surface area contributed by atoms with Crippen molar-refractivity contribution in [2.24, 2.45) is 5.92 Å². The van der Waals surface area contributed by atoms with Crippen molar-refractivity contribution in [2.45, 2.75) is 38.1 Å². The fraction of sp³-hybridized carbons (Fsp3) is 0.438. The second kappa shape index (κ2) is 4.45. The van der Waals surface area contributed by atoms with E-state index in [4.69, 9.17) is 0 Å². The summed E-state index contributed by atoms with van der Waals surface area (Å²) in [7, 11) is 0. The van der Waals surface area contributed by atoms with Gasteiger partial charge in [-0.15, -0.1) is 0 Å². The van der Waals surface area contributed by atoms with E-state index in [0.29, 0.717) is 29.9 Å². The summed E-state index contributed by atoms with van der Waals surface area (Å²) in [5.41, 5.74) is -0.115. The summed E-state index contributed by atoms with van der Waals surface area (Å²) >= 11 is 0. The topological polar surface area (TPSA) is 61.2 Å². The molecule has 2 aliphatic rings. The van der Waals surface area contributed by atoms with Crippen LogP contribution in [-0.4, -0.2) is 22.3 Å². The third kappa shape index (κ3) is 1.66. The van der Waals surface area contributed by atoms with Crippen molar-refractivity contribution < 1.29 is 9.59 Å². The van der Waals surface area contributed by atoms with Crippen LogP contribution in [0.4, 0.5) is 0 Å². The second-order valence-corrected chi connectivity index (χ2v) is 5.82. The van der Waals surface area contributed by atoms with Gasteiger partial charge in [-0.1, -0.05) is 19.1 Å². The number of carbonyl (C=O) groups excluding carboxylic acids is 2. The highest BCUT2D eigenvalue weighted by molar-refractivity contribution is 6.22. The first-order valence-electron chi connectivity index (χ1n) is 6.98. The van der Waals surface area contributed by atoms with Crippen LogP contribution < -0.4 is 0 Å². The predicted octanol–water partition coefficient (Wildman–Crippen LogP) is 2.76. The van der Waals surface area contributed by atoms with Crippen molar-refractivity contribution in [1.29, 1.82) is 5.26 Å². The summed E-state index contributed by atoms with van der Waals surface area (Å²) in [6.45, 7) is 2.14. The third-order valence-corrected chi connectivity index (χ3v) is 4.53. The van der Waals surface area contributed by atoms with Gasteiger partial charge in [-0.05, 0) is 43.7 Å². The van der Waals surface area contributed by atoms with Crippen LogP contribution in [0.2, 0.25) is 0 Å². The summed E-state index contributed by atoms with van der Waals surface area (Å²) in [6, 6.07) is 9.07. The molecule has 1 saturated carbocycles. The maximum atomic E-state index is 12.5. The Balaban J connectivity index is 2.02. The van der Waals surface area contributed by atoms with E-state index in [2.05, 4.69) is 13.0 Å². The van der Waals surface area contributed by atoms with Gasteiger partial charge in [0.2, 0.25) is 0 Å². The van der Waals surface area contributed by atoms with Crippen LogP contribution >= 0.6 is 0 Å². The van der Waals surface area contributed by atoms with E-state index in [9.17, 15) is 14.9 Å². The van der Waals surface area contributed by atoms with Gasteiger partial charge in [-0.25, -0.2) is 0 Å². The lowest BCUT2D eigenvalue weighted by Crippen LogP contribution is -2.52. The Kier molecular flexibility index (Phi) is 2.86. The molecule has 0 saturated heterocycles. The minimum Gasteiger partial charge on any atom is -0.269 e. The molecule has 0 atom stereocenters. The third-order valence-electron chi connectivity index (χ3n) is 4.53. The smallest absolute Gasteiger partial charge is 0.262 e. The predicted molar refractivity (Wildman–Crippen MR) is 72.9 cm³/mol. The van der Waals surface area contributed by atoms with Gasteiger partial charge in [0.05, 0.1) is 17.2 Å². The van der Waals surface area contributed by atoms with E-state index >= 15 is 0 Å². The number of benzene rings is 1. The Morgan fingerprint density at radius 1 is 1.15 bits per heavy atom. The summed E-state index contributed by atoms with van der Waals surface area (Å²) in [5.74, 6) is -0.0879. The summed E-state index contributed by atoms with van der Waals surface area (Å²) in [4.78, 5) is 26.2. The quantitative estimate of drug-likeness (QED) is 0.736. The minimum absolute atomic E-state index is 0.318.